The van der Waals surface area contributed by atoms with Crippen molar-refractivity contribution in [2.24, 2.45) is 0 Å². The van der Waals surface area contributed by atoms with Gasteiger partial charge in [0.15, 0.2) is 0 Å². The van der Waals surface area contributed by atoms with Crippen LogP contribution in [0, 0.1) is 0 Å². The van der Waals surface area contributed by atoms with Gasteiger partial charge in [0.1, 0.15) is 24.2 Å². The Bertz CT molecular complexity index is 952. The molecule has 0 fully saturated rings. The Hall–Kier alpha value is -3.19. The van der Waals surface area contributed by atoms with Gasteiger partial charge in [0.2, 0.25) is 0 Å². The van der Waals surface area contributed by atoms with E-state index < -0.39 is 0 Å². The first-order valence-corrected chi connectivity index (χ1v) is 9.65. The van der Waals surface area contributed by atoms with Crippen molar-refractivity contribution >= 4 is 22.8 Å². The van der Waals surface area contributed by atoms with E-state index in [2.05, 4.69) is 50.4 Å². The predicted octanol–water partition coefficient (Wildman–Crippen LogP) is 4.13. The summed E-state index contributed by atoms with van der Waals surface area (Å²) in [7, 11) is 0. The lowest BCUT2D eigenvalue weighted by molar-refractivity contribution is 0.636. The van der Waals surface area contributed by atoms with Gasteiger partial charge >= 0.3 is 0 Å². The molecule has 0 saturated carbocycles. The summed E-state index contributed by atoms with van der Waals surface area (Å²) in [5, 5.41) is 13.1. The van der Waals surface area contributed by atoms with Crippen LogP contribution in [0.3, 0.4) is 0 Å². The number of rotatable bonds is 8. The molecule has 7 heteroatoms. The lowest BCUT2D eigenvalue weighted by Gasteiger charge is -2.13. The van der Waals surface area contributed by atoms with Crippen LogP contribution in [-0.4, -0.2) is 26.3 Å². The van der Waals surface area contributed by atoms with E-state index in [1.54, 1.807) is 28.7 Å². The Morgan fingerprint density at radius 2 is 1.89 bits per heavy atom. The zero-order valence-corrected chi connectivity index (χ0v) is 15.6. The van der Waals surface area contributed by atoms with Gasteiger partial charge in [-0.1, -0.05) is 36.4 Å². The number of anilines is 2. The monoisotopic (exact) mass is 376 g/mol. The molecule has 4 rings (SSSR count). The number of hydrogen-bond acceptors (Lipinski definition) is 6. The molecule has 0 aliphatic carbocycles. The topological polar surface area (TPSA) is 67.7 Å². The average molecular weight is 376 g/mol. The van der Waals surface area contributed by atoms with Crippen LogP contribution in [0.4, 0.5) is 11.5 Å². The van der Waals surface area contributed by atoms with Crippen molar-refractivity contribution in [3.8, 4) is 10.6 Å². The fourth-order valence-corrected chi connectivity index (χ4v) is 3.47. The molecule has 0 amide bonds. The minimum absolute atomic E-state index is 0.747. The zero-order valence-electron chi connectivity index (χ0n) is 14.7. The van der Waals surface area contributed by atoms with Gasteiger partial charge in [-0.2, -0.15) is 5.10 Å². The molecule has 0 atom stereocenters. The molecule has 0 radical (unpaired) electrons. The lowest BCUT2D eigenvalue weighted by Crippen LogP contribution is -2.12. The van der Waals surface area contributed by atoms with E-state index in [-0.39, 0.29) is 0 Å². The highest BCUT2D eigenvalue weighted by Gasteiger charge is 2.09. The minimum atomic E-state index is 0.747. The summed E-state index contributed by atoms with van der Waals surface area (Å²) in [6, 6.07) is 18.6. The maximum Gasteiger partial charge on any atom is 0.137 e. The van der Waals surface area contributed by atoms with E-state index >= 15 is 0 Å². The SMILES string of the molecule is c1ccc(CNc2ccc(NCCn3cncn3)c(-c3cccs3)n2)cc1. The van der Waals surface area contributed by atoms with E-state index in [9.17, 15) is 0 Å². The number of nitrogens with zero attached hydrogens (tertiary/aromatic N) is 4. The van der Waals surface area contributed by atoms with Gasteiger partial charge in [0.05, 0.1) is 17.1 Å². The summed E-state index contributed by atoms with van der Waals surface area (Å²) in [6.07, 6.45) is 3.27. The number of nitrogens with one attached hydrogen (secondary N) is 2. The molecule has 0 aliphatic heterocycles. The molecule has 0 aliphatic rings. The first-order valence-electron chi connectivity index (χ1n) is 8.77. The van der Waals surface area contributed by atoms with Crippen molar-refractivity contribution in [1.29, 1.82) is 0 Å². The van der Waals surface area contributed by atoms with Gasteiger partial charge in [-0.3, -0.25) is 4.68 Å². The number of hydrogen-bond donors (Lipinski definition) is 2. The minimum Gasteiger partial charge on any atom is -0.381 e. The second kappa shape index (κ2) is 8.46. The summed E-state index contributed by atoms with van der Waals surface area (Å²) in [5.74, 6) is 0.865. The highest BCUT2D eigenvalue weighted by atomic mass is 32.1. The Morgan fingerprint density at radius 1 is 0.963 bits per heavy atom. The second-order valence-electron chi connectivity index (χ2n) is 5.99. The Kier molecular flexibility index (Phi) is 5.40. The molecule has 6 nitrogen and oxygen atoms in total. The van der Waals surface area contributed by atoms with Crippen LogP contribution in [0.1, 0.15) is 5.56 Å². The molecular formula is C20H20N6S. The van der Waals surface area contributed by atoms with E-state index in [1.807, 2.05) is 30.3 Å². The van der Waals surface area contributed by atoms with Crippen LogP contribution < -0.4 is 10.6 Å². The van der Waals surface area contributed by atoms with Crippen molar-refractivity contribution in [3.63, 3.8) is 0 Å². The smallest absolute Gasteiger partial charge is 0.137 e. The highest BCUT2D eigenvalue weighted by molar-refractivity contribution is 7.13. The van der Waals surface area contributed by atoms with Gasteiger partial charge in [-0.25, -0.2) is 9.97 Å². The molecule has 0 bridgehead atoms. The van der Waals surface area contributed by atoms with E-state index in [1.165, 1.54) is 5.56 Å². The third-order valence-electron chi connectivity index (χ3n) is 4.09. The third kappa shape index (κ3) is 4.51. The van der Waals surface area contributed by atoms with E-state index in [0.29, 0.717) is 0 Å². The fraction of sp³-hybridized carbons (Fsp3) is 0.150. The van der Waals surface area contributed by atoms with Crippen LogP contribution in [0.25, 0.3) is 10.6 Å². The molecule has 2 N–H and O–H groups in total. The standard InChI is InChI=1S/C20H20N6S/c1-2-5-16(6-3-1)13-23-19-9-8-17(20(25-19)18-7-4-12-27-18)22-10-11-26-15-21-14-24-26/h1-9,12,14-15,22H,10-11,13H2,(H,23,25). The lowest BCUT2D eigenvalue weighted by atomic mass is 10.2. The zero-order chi connectivity index (χ0) is 18.3. The molecule has 3 heterocycles. The molecule has 27 heavy (non-hydrogen) atoms. The molecule has 3 aromatic heterocycles. The van der Waals surface area contributed by atoms with Crippen LogP contribution in [0.5, 0.6) is 0 Å². The number of aromatic nitrogens is 4. The number of pyridine rings is 1. The van der Waals surface area contributed by atoms with Crippen molar-refractivity contribution in [1.82, 2.24) is 19.7 Å². The normalized spacial score (nSPS) is 10.7. The molecule has 4 aromatic rings. The van der Waals surface area contributed by atoms with Gasteiger partial charge < -0.3 is 10.6 Å². The fourth-order valence-electron chi connectivity index (χ4n) is 2.74. The maximum atomic E-state index is 4.85. The second-order valence-corrected chi connectivity index (χ2v) is 6.94. The third-order valence-corrected chi connectivity index (χ3v) is 4.97. The van der Waals surface area contributed by atoms with Crippen LogP contribution in [0.2, 0.25) is 0 Å². The first kappa shape index (κ1) is 17.2. The average Bonchev–Trinajstić information content (AvgIpc) is 3.42. The number of thiophene rings is 1. The van der Waals surface area contributed by atoms with Gasteiger partial charge in [-0.05, 0) is 29.1 Å². The van der Waals surface area contributed by atoms with Gasteiger partial charge in [0.25, 0.3) is 0 Å². The van der Waals surface area contributed by atoms with Crippen molar-refractivity contribution in [3.05, 3.63) is 78.2 Å². The predicted molar refractivity (Wildman–Crippen MR) is 110 cm³/mol. The van der Waals surface area contributed by atoms with Gasteiger partial charge in [-0.15, -0.1) is 11.3 Å². The Morgan fingerprint density at radius 3 is 2.67 bits per heavy atom. The van der Waals surface area contributed by atoms with Crippen LogP contribution in [-0.2, 0) is 13.1 Å². The molecule has 0 saturated heterocycles. The summed E-state index contributed by atoms with van der Waals surface area (Å²) in [6.45, 7) is 2.24. The van der Waals surface area contributed by atoms with Gasteiger partial charge in [0, 0.05) is 13.1 Å². The largest absolute Gasteiger partial charge is 0.381 e. The summed E-state index contributed by atoms with van der Waals surface area (Å²) in [4.78, 5) is 9.96. The van der Waals surface area contributed by atoms with Crippen molar-refractivity contribution in [2.75, 3.05) is 17.2 Å². The van der Waals surface area contributed by atoms with Crippen LogP contribution >= 0.6 is 11.3 Å². The maximum absolute atomic E-state index is 4.85. The highest BCUT2D eigenvalue weighted by Crippen LogP contribution is 2.31. The summed E-state index contributed by atoms with van der Waals surface area (Å²) < 4.78 is 1.81. The van der Waals surface area contributed by atoms with E-state index in [0.717, 1.165) is 41.7 Å². The molecular weight excluding hydrogens is 356 g/mol. The Balaban J connectivity index is 1.48. The first-order chi connectivity index (χ1) is 13.4. The van der Waals surface area contributed by atoms with Crippen LogP contribution in [0.15, 0.2) is 72.6 Å². The van der Waals surface area contributed by atoms with Crippen molar-refractivity contribution < 1.29 is 0 Å². The Labute approximate surface area is 161 Å². The summed E-state index contributed by atoms with van der Waals surface area (Å²) >= 11 is 1.69. The summed E-state index contributed by atoms with van der Waals surface area (Å²) in [5.41, 5.74) is 3.21. The molecule has 0 unspecified atom stereocenters. The molecule has 1 aromatic carbocycles. The van der Waals surface area contributed by atoms with E-state index in [4.69, 9.17) is 4.98 Å². The molecule has 0 spiro atoms. The van der Waals surface area contributed by atoms with Crippen molar-refractivity contribution in [2.45, 2.75) is 13.1 Å². The number of benzene rings is 1. The molecule has 136 valence electrons. The quantitative estimate of drug-likeness (QED) is 0.484.